The van der Waals surface area contributed by atoms with Crippen molar-refractivity contribution in [2.75, 3.05) is 34.0 Å². The molecule has 162 valence electrons. The van der Waals surface area contributed by atoms with E-state index in [4.69, 9.17) is 14.2 Å². The highest BCUT2D eigenvalue weighted by molar-refractivity contribution is 5.91. The van der Waals surface area contributed by atoms with Crippen LogP contribution in [0.4, 0.5) is 0 Å². The van der Waals surface area contributed by atoms with Gasteiger partial charge in [-0.15, -0.1) is 0 Å². The summed E-state index contributed by atoms with van der Waals surface area (Å²) in [6.45, 7) is 4.20. The second-order valence-corrected chi connectivity index (χ2v) is 6.60. The van der Waals surface area contributed by atoms with Gasteiger partial charge in [-0.25, -0.2) is 9.48 Å². The molecule has 1 N–H and O–H groups in total. The van der Waals surface area contributed by atoms with Crippen molar-refractivity contribution in [3.8, 4) is 5.69 Å². The lowest BCUT2D eigenvalue weighted by Gasteiger charge is -2.08. The van der Waals surface area contributed by atoms with E-state index in [0.29, 0.717) is 25.1 Å². The number of ether oxygens (including phenoxy) is 3. The molecule has 0 spiro atoms. The number of amides is 1. The van der Waals surface area contributed by atoms with Crippen LogP contribution in [0.2, 0.25) is 0 Å². The van der Waals surface area contributed by atoms with E-state index in [-0.39, 0.29) is 24.9 Å². The van der Waals surface area contributed by atoms with Crippen LogP contribution in [0.15, 0.2) is 24.3 Å². The quantitative estimate of drug-likeness (QED) is 0.461. The summed E-state index contributed by atoms with van der Waals surface area (Å²) < 4.78 is 16.3. The number of hydrogen-bond donors (Lipinski definition) is 1. The van der Waals surface area contributed by atoms with Crippen LogP contribution in [0.25, 0.3) is 5.69 Å². The molecule has 9 nitrogen and oxygen atoms in total. The van der Waals surface area contributed by atoms with Gasteiger partial charge < -0.3 is 19.5 Å². The molecule has 0 unspecified atom stereocenters. The second-order valence-electron chi connectivity index (χ2n) is 6.60. The van der Waals surface area contributed by atoms with E-state index < -0.39 is 5.97 Å². The summed E-state index contributed by atoms with van der Waals surface area (Å²) in [5.74, 6) is -1.24. The van der Waals surface area contributed by atoms with E-state index in [1.807, 2.05) is 13.8 Å². The Morgan fingerprint density at radius 3 is 2.43 bits per heavy atom. The maximum absolute atomic E-state index is 12.1. The van der Waals surface area contributed by atoms with E-state index in [0.717, 1.165) is 22.6 Å². The zero-order valence-electron chi connectivity index (χ0n) is 17.7. The molecule has 1 aromatic carbocycles. The Bertz CT molecular complexity index is 889. The maximum Gasteiger partial charge on any atom is 0.338 e. The van der Waals surface area contributed by atoms with Crippen LogP contribution in [0.3, 0.4) is 0 Å². The van der Waals surface area contributed by atoms with E-state index in [2.05, 4.69) is 10.4 Å². The molecule has 9 heteroatoms. The first-order valence-electron chi connectivity index (χ1n) is 9.52. The average molecular weight is 417 g/mol. The topological polar surface area (TPSA) is 109 Å². The van der Waals surface area contributed by atoms with Gasteiger partial charge in [-0.3, -0.25) is 9.59 Å². The van der Waals surface area contributed by atoms with Crippen molar-refractivity contribution >= 4 is 17.8 Å². The van der Waals surface area contributed by atoms with Crippen molar-refractivity contribution in [1.82, 2.24) is 15.1 Å². The molecule has 30 heavy (non-hydrogen) atoms. The van der Waals surface area contributed by atoms with Gasteiger partial charge >= 0.3 is 11.9 Å². The lowest BCUT2D eigenvalue weighted by molar-refractivity contribution is -0.140. The normalized spacial score (nSPS) is 10.5. The van der Waals surface area contributed by atoms with Gasteiger partial charge in [0.2, 0.25) is 0 Å². The highest BCUT2D eigenvalue weighted by atomic mass is 16.5. The third kappa shape index (κ3) is 6.15. The van der Waals surface area contributed by atoms with Crippen LogP contribution >= 0.6 is 0 Å². The summed E-state index contributed by atoms with van der Waals surface area (Å²) >= 11 is 0. The fraction of sp³-hybridized carbons (Fsp3) is 0.429. The summed E-state index contributed by atoms with van der Waals surface area (Å²) in [5, 5.41) is 7.11. The van der Waals surface area contributed by atoms with Gasteiger partial charge in [0.1, 0.15) is 0 Å². The molecule has 1 heterocycles. The van der Waals surface area contributed by atoms with Crippen LogP contribution in [0, 0.1) is 13.8 Å². The molecule has 0 aliphatic carbocycles. The first-order chi connectivity index (χ1) is 14.4. The zero-order valence-corrected chi connectivity index (χ0v) is 17.7. The molecule has 2 rings (SSSR count). The van der Waals surface area contributed by atoms with Crippen LogP contribution in [-0.4, -0.2) is 61.6 Å². The van der Waals surface area contributed by atoms with Crippen molar-refractivity contribution < 1.29 is 28.6 Å². The van der Waals surface area contributed by atoms with Crippen molar-refractivity contribution in [3.05, 3.63) is 46.8 Å². The van der Waals surface area contributed by atoms with Gasteiger partial charge in [-0.2, -0.15) is 5.10 Å². The maximum atomic E-state index is 12.1. The molecule has 0 aliphatic rings. The Balaban J connectivity index is 2.01. The Morgan fingerprint density at radius 2 is 1.80 bits per heavy atom. The molecule has 0 saturated heterocycles. The number of aryl methyl sites for hydroxylation is 1. The monoisotopic (exact) mass is 417 g/mol. The summed E-state index contributed by atoms with van der Waals surface area (Å²) in [5.41, 5.74) is 3.84. The Labute approximate surface area is 175 Å². The minimum atomic E-state index is -0.587. The van der Waals surface area contributed by atoms with Crippen molar-refractivity contribution in [2.45, 2.75) is 26.7 Å². The number of aromatic nitrogens is 2. The zero-order chi connectivity index (χ0) is 22.1. The summed E-state index contributed by atoms with van der Waals surface area (Å²) in [4.78, 5) is 35.2. The minimum absolute atomic E-state index is 0.267. The number of rotatable bonds is 10. The summed E-state index contributed by atoms with van der Waals surface area (Å²) in [7, 11) is 2.90. The number of benzene rings is 1. The molecular weight excluding hydrogens is 390 g/mol. The van der Waals surface area contributed by atoms with Gasteiger partial charge in [0, 0.05) is 25.8 Å². The number of nitrogens with one attached hydrogen (secondary N) is 1. The van der Waals surface area contributed by atoms with E-state index in [1.165, 1.54) is 14.2 Å². The molecule has 2 aromatic rings. The fourth-order valence-electron chi connectivity index (χ4n) is 2.91. The second kappa shape index (κ2) is 11.1. The number of carbonyl (C=O) groups excluding carboxylic acids is 3. The number of methoxy groups -OCH3 is 2. The third-order valence-corrected chi connectivity index (χ3v) is 4.56. The molecule has 0 aliphatic heterocycles. The first-order valence-corrected chi connectivity index (χ1v) is 9.52. The van der Waals surface area contributed by atoms with Gasteiger partial charge in [0.15, 0.2) is 6.61 Å². The molecular formula is C21H27N3O6. The predicted molar refractivity (Wildman–Crippen MR) is 109 cm³/mol. The van der Waals surface area contributed by atoms with E-state index in [9.17, 15) is 14.4 Å². The Morgan fingerprint density at radius 1 is 1.10 bits per heavy atom. The molecule has 0 bridgehead atoms. The highest BCUT2D eigenvalue weighted by Gasteiger charge is 2.15. The lowest BCUT2D eigenvalue weighted by atomic mass is 10.1. The Kier molecular flexibility index (Phi) is 8.54. The number of nitrogens with zero attached hydrogens (tertiary/aromatic N) is 2. The van der Waals surface area contributed by atoms with Gasteiger partial charge in [0.05, 0.1) is 30.7 Å². The van der Waals surface area contributed by atoms with Crippen LogP contribution in [0.1, 0.15) is 33.7 Å². The van der Waals surface area contributed by atoms with Crippen LogP contribution in [0.5, 0.6) is 0 Å². The molecule has 1 amide bonds. The molecule has 0 radical (unpaired) electrons. The van der Waals surface area contributed by atoms with E-state index in [1.54, 1.807) is 28.9 Å². The number of carbonyl (C=O) groups is 3. The third-order valence-electron chi connectivity index (χ3n) is 4.56. The molecule has 1 aromatic heterocycles. The van der Waals surface area contributed by atoms with Crippen LogP contribution in [-0.2, 0) is 30.2 Å². The van der Waals surface area contributed by atoms with Crippen molar-refractivity contribution in [2.24, 2.45) is 0 Å². The van der Waals surface area contributed by atoms with Crippen molar-refractivity contribution in [1.29, 1.82) is 0 Å². The summed E-state index contributed by atoms with van der Waals surface area (Å²) in [6.07, 6.45) is 0.828. The predicted octanol–water partition coefficient (Wildman–Crippen LogP) is 1.51. The molecule has 0 saturated carbocycles. The highest BCUT2D eigenvalue weighted by Crippen LogP contribution is 2.20. The van der Waals surface area contributed by atoms with Gasteiger partial charge in [-0.1, -0.05) is 0 Å². The SMILES string of the molecule is COCCNC(=O)COC(=O)c1ccc(-n2nc(C)c(CCC(=O)OC)c2C)cc1. The summed E-state index contributed by atoms with van der Waals surface area (Å²) in [6, 6.07) is 6.73. The van der Waals surface area contributed by atoms with E-state index >= 15 is 0 Å². The van der Waals surface area contributed by atoms with Gasteiger partial charge in [0.25, 0.3) is 5.91 Å². The molecule has 0 atom stereocenters. The first kappa shape index (κ1) is 23.1. The fourth-order valence-corrected chi connectivity index (χ4v) is 2.91. The number of hydrogen-bond acceptors (Lipinski definition) is 7. The minimum Gasteiger partial charge on any atom is -0.469 e. The lowest BCUT2D eigenvalue weighted by Crippen LogP contribution is -2.31. The smallest absolute Gasteiger partial charge is 0.338 e. The number of esters is 2. The standard InChI is InChI=1S/C21H27N3O6/c1-14-18(9-10-20(26)29-4)15(2)24(23-14)17-7-5-16(6-8-17)21(27)30-13-19(25)22-11-12-28-3/h5-8H,9-13H2,1-4H3,(H,22,25). The largest absolute Gasteiger partial charge is 0.469 e. The Hall–Kier alpha value is -3.20. The van der Waals surface area contributed by atoms with Gasteiger partial charge in [-0.05, 0) is 50.1 Å². The molecule has 0 fully saturated rings. The van der Waals surface area contributed by atoms with Crippen LogP contribution < -0.4 is 5.32 Å². The van der Waals surface area contributed by atoms with Crippen molar-refractivity contribution in [3.63, 3.8) is 0 Å². The average Bonchev–Trinajstić information content (AvgIpc) is 3.03.